The van der Waals surface area contributed by atoms with Crippen LogP contribution in [0.3, 0.4) is 0 Å². The van der Waals surface area contributed by atoms with Crippen molar-refractivity contribution in [3.8, 4) is 11.5 Å². The molecule has 0 radical (unpaired) electrons. The molecule has 4 atom stereocenters. The predicted octanol–water partition coefficient (Wildman–Crippen LogP) is 2.42. The molecular weight excluding hydrogens is 496 g/mol. The van der Waals surface area contributed by atoms with Crippen LogP contribution < -0.4 is 19.7 Å². The van der Waals surface area contributed by atoms with E-state index in [4.69, 9.17) is 14.2 Å². The molecule has 12 heteroatoms. The maximum absolute atomic E-state index is 14.3. The van der Waals surface area contributed by atoms with Gasteiger partial charge in [-0.25, -0.2) is 4.79 Å². The molecule has 3 aliphatic rings. The second kappa shape index (κ2) is 9.28. The molecule has 4 amide bonds. The van der Waals surface area contributed by atoms with Gasteiger partial charge in [-0.15, -0.1) is 0 Å². The maximum Gasteiger partial charge on any atom is 0.331 e. The van der Waals surface area contributed by atoms with Crippen LogP contribution in [-0.2, 0) is 27.3 Å². The topological polar surface area (TPSA) is 141 Å². The zero-order valence-corrected chi connectivity index (χ0v) is 21.4. The summed E-state index contributed by atoms with van der Waals surface area (Å²) in [6.07, 6.45) is -0.893. The van der Waals surface area contributed by atoms with Gasteiger partial charge >= 0.3 is 6.03 Å². The van der Waals surface area contributed by atoms with Crippen LogP contribution >= 0.6 is 0 Å². The van der Waals surface area contributed by atoms with Gasteiger partial charge in [0.25, 0.3) is 5.69 Å². The third-order valence-corrected chi connectivity index (χ3v) is 7.49. The summed E-state index contributed by atoms with van der Waals surface area (Å²) in [7, 11) is 2.98. The summed E-state index contributed by atoms with van der Waals surface area (Å²) in [6.45, 7) is 3.89. The number of benzene rings is 2. The molecule has 2 fully saturated rings. The van der Waals surface area contributed by atoms with Gasteiger partial charge in [0.05, 0.1) is 43.9 Å². The van der Waals surface area contributed by atoms with Crippen molar-refractivity contribution in [2.75, 3.05) is 25.7 Å². The van der Waals surface area contributed by atoms with Crippen LogP contribution in [0.25, 0.3) is 0 Å². The van der Waals surface area contributed by atoms with Crippen LogP contribution in [0.5, 0.6) is 11.5 Å². The number of amides is 4. The molecule has 2 saturated heterocycles. The first-order valence-corrected chi connectivity index (χ1v) is 12.2. The number of nitro groups is 1. The average molecular weight is 525 g/mol. The van der Waals surface area contributed by atoms with E-state index >= 15 is 0 Å². The Balaban J connectivity index is 1.62. The number of carbonyl (C=O) groups is 3. The lowest BCUT2D eigenvalue weighted by Crippen LogP contribution is -2.75. The number of hydrogen-bond acceptors (Lipinski definition) is 9. The number of hydrogen-bond donors (Lipinski definition) is 1. The van der Waals surface area contributed by atoms with Crippen molar-refractivity contribution in [1.29, 1.82) is 0 Å². The number of nitrogens with one attached hydrogen (secondary N) is 1. The van der Waals surface area contributed by atoms with E-state index in [2.05, 4.69) is 5.32 Å². The molecule has 200 valence electrons. The highest BCUT2D eigenvalue weighted by atomic mass is 16.6. The Labute approximate surface area is 218 Å². The fourth-order valence-electron chi connectivity index (χ4n) is 5.96. The van der Waals surface area contributed by atoms with E-state index in [0.717, 1.165) is 4.90 Å². The van der Waals surface area contributed by atoms with E-state index in [9.17, 15) is 24.5 Å². The highest BCUT2D eigenvalue weighted by Crippen LogP contribution is 2.48. The van der Waals surface area contributed by atoms with Crippen molar-refractivity contribution >= 4 is 29.2 Å². The van der Waals surface area contributed by atoms with E-state index in [1.807, 2.05) is 11.8 Å². The molecule has 2 aromatic rings. The number of nitro benzene ring substituents is 1. The second-order valence-corrected chi connectivity index (χ2v) is 9.84. The summed E-state index contributed by atoms with van der Waals surface area (Å²) in [6, 6.07) is 7.88. The molecule has 0 aliphatic carbocycles. The number of anilines is 1. The predicted molar refractivity (Wildman–Crippen MR) is 134 cm³/mol. The molecule has 3 aliphatic heterocycles. The van der Waals surface area contributed by atoms with E-state index in [1.165, 1.54) is 26.4 Å². The SMILES string of the molecule is COc1cc(CN2C(=O)NC(=O)[C@]3(Cc4cc([N+](=O)[O-])ccc4N4C[C@@H](C)O[C@H](C)[C@@H]43)C2=O)cc(OC)c1. The largest absolute Gasteiger partial charge is 0.497 e. The van der Waals surface area contributed by atoms with Gasteiger partial charge in [-0.3, -0.25) is 29.9 Å². The lowest BCUT2D eigenvalue weighted by atomic mass is 9.66. The Morgan fingerprint density at radius 2 is 1.79 bits per heavy atom. The number of nitrogens with zero attached hydrogens (tertiary/aromatic N) is 3. The highest BCUT2D eigenvalue weighted by molar-refractivity contribution is 6.20. The van der Waals surface area contributed by atoms with E-state index < -0.39 is 40.3 Å². The molecule has 0 aromatic heterocycles. The molecule has 0 saturated carbocycles. The monoisotopic (exact) mass is 524 g/mol. The van der Waals surface area contributed by atoms with Crippen molar-refractivity contribution in [3.63, 3.8) is 0 Å². The number of barbiturate groups is 1. The Morgan fingerprint density at radius 3 is 2.42 bits per heavy atom. The molecule has 12 nitrogen and oxygen atoms in total. The van der Waals surface area contributed by atoms with Gasteiger partial charge in [0.1, 0.15) is 11.5 Å². The lowest BCUT2D eigenvalue weighted by molar-refractivity contribution is -0.384. The summed E-state index contributed by atoms with van der Waals surface area (Å²) in [5.74, 6) is -0.485. The molecular formula is C26H28N4O8. The fraction of sp³-hybridized carbons (Fsp3) is 0.423. The Hall–Kier alpha value is -4.19. The van der Waals surface area contributed by atoms with E-state index in [-0.39, 0.29) is 24.8 Å². The van der Waals surface area contributed by atoms with Crippen LogP contribution in [0.1, 0.15) is 25.0 Å². The Bertz CT molecular complexity index is 1320. The minimum Gasteiger partial charge on any atom is -0.497 e. The highest BCUT2D eigenvalue weighted by Gasteiger charge is 2.64. The standard InChI is InChI=1S/C26H28N4O8/c1-14-12-28-21-6-5-18(30(34)35)9-17(21)11-26(22(28)15(2)38-14)23(31)27-25(33)29(24(26)32)13-16-7-19(36-3)10-20(8-16)37-4/h5-10,14-15,22H,11-13H2,1-4H3,(H,27,31,33)/t14-,15-,22-,26-/m1/s1. The van der Waals surface area contributed by atoms with E-state index in [0.29, 0.717) is 34.9 Å². The molecule has 1 N–H and O–H groups in total. The van der Waals surface area contributed by atoms with Crippen molar-refractivity contribution < 1.29 is 33.5 Å². The summed E-state index contributed by atoms with van der Waals surface area (Å²) >= 11 is 0. The molecule has 38 heavy (non-hydrogen) atoms. The number of ether oxygens (including phenoxy) is 3. The van der Waals surface area contributed by atoms with Gasteiger partial charge in [0, 0.05) is 36.9 Å². The number of urea groups is 1. The number of non-ortho nitro benzene ring substituents is 1. The third-order valence-electron chi connectivity index (χ3n) is 7.49. The quantitative estimate of drug-likeness (QED) is 0.355. The van der Waals surface area contributed by atoms with Gasteiger partial charge in [-0.2, -0.15) is 0 Å². The number of imide groups is 2. The van der Waals surface area contributed by atoms with Gasteiger partial charge in [0.2, 0.25) is 11.8 Å². The molecule has 3 heterocycles. The lowest BCUT2D eigenvalue weighted by Gasteiger charge is -2.56. The van der Waals surface area contributed by atoms with Crippen molar-refractivity contribution in [3.05, 3.63) is 57.6 Å². The van der Waals surface area contributed by atoms with E-state index in [1.54, 1.807) is 31.2 Å². The second-order valence-electron chi connectivity index (χ2n) is 9.84. The number of morpholine rings is 1. The van der Waals surface area contributed by atoms with Crippen LogP contribution in [-0.4, -0.2) is 66.7 Å². The Kier molecular flexibility index (Phi) is 6.22. The maximum atomic E-state index is 14.3. The number of carbonyl (C=O) groups excluding carboxylic acids is 3. The van der Waals surface area contributed by atoms with Crippen LogP contribution in [0.2, 0.25) is 0 Å². The van der Waals surface area contributed by atoms with Crippen LogP contribution in [0.4, 0.5) is 16.2 Å². The van der Waals surface area contributed by atoms with Crippen molar-refractivity contribution in [2.24, 2.45) is 5.41 Å². The summed E-state index contributed by atoms with van der Waals surface area (Å²) in [5, 5.41) is 13.9. The molecule has 0 bridgehead atoms. The first-order valence-electron chi connectivity index (χ1n) is 12.2. The first-order chi connectivity index (χ1) is 18.1. The first kappa shape index (κ1) is 25.5. The number of rotatable bonds is 5. The molecule has 1 spiro atoms. The normalized spacial score (nSPS) is 26.5. The number of fused-ring (bicyclic) bond motifs is 4. The summed E-state index contributed by atoms with van der Waals surface area (Å²) in [5.41, 5.74) is -0.155. The van der Waals surface area contributed by atoms with Gasteiger partial charge < -0.3 is 19.1 Å². The van der Waals surface area contributed by atoms with Gasteiger partial charge in [-0.05, 0) is 43.2 Å². The van der Waals surface area contributed by atoms with Crippen molar-refractivity contribution in [1.82, 2.24) is 10.2 Å². The summed E-state index contributed by atoms with van der Waals surface area (Å²) in [4.78, 5) is 54.9. The minimum absolute atomic E-state index is 0.122. The molecule has 5 rings (SSSR count). The van der Waals surface area contributed by atoms with Gasteiger partial charge in [0.15, 0.2) is 5.41 Å². The fourth-order valence-corrected chi connectivity index (χ4v) is 5.96. The van der Waals surface area contributed by atoms with Crippen LogP contribution in [0, 0.1) is 15.5 Å². The third kappa shape index (κ3) is 3.92. The van der Waals surface area contributed by atoms with Crippen LogP contribution in [0.15, 0.2) is 36.4 Å². The average Bonchev–Trinajstić information content (AvgIpc) is 2.88. The molecule has 2 aromatic carbocycles. The smallest absolute Gasteiger partial charge is 0.331 e. The Morgan fingerprint density at radius 1 is 1.11 bits per heavy atom. The number of methoxy groups -OCH3 is 2. The zero-order valence-electron chi connectivity index (χ0n) is 21.4. The summed E-state index contributed by atoms with van der Waals surface area (Å²) < 4.78 is 16.7. The van der Waals surface area contributed by atoms with Gasteiger partial charge in [-0.1, -0.05) is 0 Å². The minimum atomic E-state index is -1.75. The zero-order chi connectivity index (χ0) is 27.4. The van der Waals surface area contributed by atoms with Crippen molar-refractivity contribution in [2.45, 2.75) is 45.1 Å². The molecule has 0 unspecified atom stereocenters.